The molecule has 0 aliphatic heterocycles. The van der Waals surface area contributed by atoms with Crippen molar-refractivity contribution >= 4 is 23.1 Å². The van der Waals surface area contributed by atoms with Gasteiger partial charge in [0.1, 0.15) is 0 Å². The molecule has 0 aliphatic rings. The zero-order valence-corrected chi connectivity index (χ0v) is 10.6. The first-order valence-electron chi connectivity index (χ1n) is 5.24. The first-order valence-corrected chi connectivity index (χ1v) is 6.29. The van der Waals surface area contributed by atoms with Crippen LogP contribution in [0.2, 0.25) is 0 Å². The molecular formula is C11H16N2O3S. The summed E-state index contributed by atoms with van der Waals surface area (Å²) in [5.41, 5.74) is 7.07. The van der Waals surface area contributed by atoms with Crippen LogP contribution in [0.1, 0.15) is 19.4 Å². The Morgan fingerprint density at radius 3 is 2.71 bits per heavy atom. The lowest BCUT2D eigenvalue weighted by molar-refractivity contribution is -0.384. The Bertz CT molecular complexity index is 410. The van der Waals surface area contributed by atoms with Crippen molar-refractivity contribution in [3.05, 3.63) is 33.9 Å². The highest BCUT2D eigenvalue weighted by molar-refractivity contribution is 7.99. The van der Waals surface area contributed by atoms with E-state index in [2.05, 4.69) is 0 Å². The molecule has 0 spiro atoms. The maximum Gasteiger partial charge on any atom is 0.269 e. The van der Waals surface area contributed by atoms with Gasteiger partial charge in [0.2, 0.25) is 0 Å². The second-order valence-corrected chi connectivity index (χ2v) is 5.26. The van der Waals surface area contributed by atoms with Crippen LogP contribution in [0.25, 0.3) is 0 Å². The van der Waals surface area contributed by atoms with Crippen molar-refractivity contribution < 1.29 is 10.0 Å². The third kappa shape index (κ3) is 3.90. The van der Waals surface area contributed by atoms with E-state index in [0.29, 0.717) is 11.4 Å². The molecule has 0 aliphatic carbocycles. The minimum atomic E-state index is -0.439. The van der Waals surface area contributed by atoms with Crippen LogP contribution < -0.4 is 5.73 Å². The maximum atomic E-state index is 10.6. The van der Waals surface area contributed by atoms with Crippen molar-refractivity contribution in [1.29, 1.82) is 0 Å². The molecule has 0 heterocycles. The summed E-state index contributed by atoms with van der Waals surface area (Å²) in [5.74, 6) is 0.555. The number of nitrogen functional groups attached to an aromatic ring is 1. The molecule has 2 atom stereocenters. The molecule has 1 aromatic rings. The summed E-state index contributed by atoms with van der Waals surface area (Å²) >= 11 is 1.52. The predicted octanol–water partition coefficient (Wildman–Crippen LogP) is 2.18. The fraction of sp³-hybridized carbons (Fsp3) is 0.455. The summed E-state index contributed by atoms with van der Waals surface area (Å²) in [6, 6.07) is 4.42. The van der Waals surface area contributed by atoms with E-state index >= 15 is 0 Å². The molecule has 0 amide bonds. The lowest BCUT2D eigenvalue weighted by Crippen LogP contribution is -2.15. The third-order valence-corrected chi connectivity index (χ3v) is 3.92. The van der Waals surface area contributed by atoms with Crippen molar-refractivity contribution in [1.82, 2.24) is 0 Å². The molecular weight excluding hydrogens is 240 g/mol. The molecule has 0 saturated heterocycles. The Kier molecular flexibility index (Phi) is 4.77. The van der Waals surface area contributed by atoms with Gasteiger partial charge in [-0.1, -0.05) is 6.92 Å². The quantitative estimate of drug-likeness (QED) is 0.479. The molecule has 3 N–H and O–H groups in total. The number of aliphatic hydroxyl groups excluding tert-OH is 1. The second-order valence-electron chi connectivity index (χ2n) is 3.90. The van der Waals surface area contributed by atoms with Crippen LogP contribution in [0.4, 0.5) is 11.4 Å². The maximum absolute atomic E-state index is 10.6. The highest BCUT2D eigenvalue weighted by Gasteiger charge is 2.13. The molecule has 0 aromatic heterocycles. The fourth-order valence-electron chi connectivity index (χ4n) is 1.19. The number of nitrogens with two attached hydrogens (primary N) is 1. The smallest absolute Gasteiger partial charge is 0.269 e. The van der Waals surface area contributed by atoms with E-state index in [1.54, 1.807) is 13.0 Å². The van der Waals surface area contributed by atoms with E-state index in [1.165, 1.54) is 23.9 Å². The SMILES string of the molecule is CC(O)C(C)SCc1cc([N+](=O)[O-])ccc1N. The number of nitro benzene ring substituents is 1. The molecule has 6 heteroatoms. The number of aliphatic hydroxyl groups is 1. The Morgan fingerprint density at radius 1 is 1.53 bits per heavy atom. The van der Waals surface area contributed by atoms with Crippen molar-refractivity contribution in [2.24, 2.45) is 0 Å². The number of thioether (sulfide) groups is 1. The summed E-state index contributed by atoms with van der Waals surface area (Å²) in [4.78, 5) is 10.2. The summed E-state index contributed by atoms with van der Waals surface area (Å²) in [5, 5.41) is 20.0. The highest BCUT2D eigenvalue weighted by atomic mass is 32.2. The molecule has 0 saturated carbocycles. The third-order valence-electron chi connectivity index (χ3n) is 2.52. The normalized spacial score (nSPS) is 14.3. The minimum absolute atomic E-state index is 0.0412. The lowest BCUT2D eigenvalue weighted by Gasteiger charge is -2.14. The van der Waals surface area contributed by atoms with E-state index in [0.717, 1.165) is 5.56 Å². The molecule has 0 bridgehead atoms. The van der Waals surface area contributed by atoms with Gasteiger partial charge in [0.25, 0.3) is 5.69 Å². The van der Waals surface area contributed by atoms with Gasteiger partial charge in [0.05, 0.1) is 11.0 Å². The Morgan fingerprint density at radius 2 is 2.18 bits per heavy atom. The van der Waals surface area contributed by atoms with Crippen LogP contribution in [-0.4, -0.2) is 21.4 Å². The average molecular weight is 256 g/mol. The first-order chi connectivity index (χ1) is 7.91. The largest absolute Gasteiger partial charge is 0.398 e. The van der Waals surface area contributed by atoms with Crippen LogP contribution in [0.15, 0.2) is 18.2 Å². The molecule has 0 radical (unpaired) electrons. The predicted molar refractivity (Wildman–Crippen MR) is 69.9 cm³/mol. The van der Waals surface area contributed by atoms with Crippen LogP contribution in [0.5, 0.6) is 0 Å². The number of hydrogen-bond acceptors (Lipinski definition) is 5. The van der Waals surface area contributed by atoms with Crippen LogP contribution in [-0.2, 0) is 5.75 Å². The Balaban J connectivity index is 2.76. The molecule has 0 fully saturated rings. The zero-order valence-electron chi connectivity index (χ0n) is 9.79. The van der Waals surface area contributed by atoms with Crippen molar-refractivity contribution in [2.75, 3.05) is 5.73 Å². The summed E-state index contributed by atoms with van der Waals surface area (Å²) in [7, 11) is 0. The monoisotopic (exact) mass is 256 g/mol. The average Bonchev–Trinajstić information content (AvgIpc) is 2.26. The number of non-ortho nitro benzene ring substituents is 1. The van der Waals surface area contributed by atoms with Gasteiger partial charge < -0.3 is 10.8 Å². The second kappa shape index (κ2) is 5.88. The molecule has 1 aromatic carbocycles. The highest BCUT2D eigenvalue weighted by Crippen LogP contribution is 2.26. The number of rotatable bonds is 5. The van der Waals surface area contributed by atoms with E-state index in [4.69, 9.17) is 5.73 Å². The van der Waals surface area contributed by atoms with Gasteiger partial charge in [-0.25, -0.2) is 0 Å². The van der Waals surface area contributed by atoms with E-state index < -0.39 is 11.0 Å². The summed E-state index contributed by atoms with van der Waals surface area (Å²) in [6.07, 6.45) is -0.417. The molecule has 17 heavy (non-hydrogen) atoms. The first kappa shape index (κ1) is 13.8. The topological polar surface area (TPSA) is 89.4 Å². The zero-order chi connectivity index (χ0) is 13.0. The number of hydrogen-bond donors (Lipinski definition) is 2. The molecule has 2 unspecified atom stereocenters. The van der Waals surface area contributed by atoms with Crippen LogP contribution >= 0.6 is 11.8 Å². The molecule has 1 rings (SSSR count). The van der Waals surface area contributed by atoms with Gasteiger partial charge in [0, 0.05) is 28.8 Å². The van der Waals surface area contributed by atoms with Gasteiger partial charge >= 0.3 is 0 Å². The number of nitro groups is 1. The van der Waals surface area contributed by atoms with Gasteiger partial charge in [-0.2, -0.15) is 11.8 Å². The van der Waals surface area contributed by atoms with Crippen molar-refractivity contribution in [2.45, 2.75) is 31.0 Å². The summed E-state index contributed by atoms with van der Waals surface area (Å²) < 4.78 is 0. The Hall–Kier alpha value is -1.27. The number of benzene rings is 1. The van der Waals surface area contributed by atoms with E-state index in [9.17, 15) is 15.2 Å². The number of nitrogens with zero attached hydrogens (tertiary/aromatic N) is 1. The summed E-state index contributed by atoms with van der Waals surface area (Å²) in [6.45, 7) is 3.62. The number of anilines is 1. The van der Waals surface area contributed by atoms with Crippen molar-refractivity contribution in [3.8, 4) is 0 Å². The van der Waals surface area contributed by atoms with Crippen LogP contribution in [0.3, 0.4) is 0 Å². The van der Waals surface area contributed by atoms with Gasteiger partial charge in [0.15, 0.2) is 0 Å². The molecule has 94 valence electrons. The fourth-order valence-corrected chi connectivity index (χ4v) is 2.16. The standard InChI is InChI=1S/C11H16N2O3S/c1-7(14)8(2)17-6-9-5-10(13(15)16)3-4-11(9)12/h3-5,7-8,14H,6,12H2,1-2H3. The van der Waals surface area contributed by atoms with Gasteiger partial charge in [-0.05, 0) is 18.6 Å². The van der Waals surface area contributed by atoms with Crippen molar-refractivity contribution in [3.63, 3.8) is 0 Å². The van der Waals surface area contributed by atoms with Crippen LogP contribution in [0, 0.1) is 10.1 Å². The van der Waals surface area contributed by atoms with Gasteiger partial charge in [-0.3, -0.25) is 10.1 Å². The Labute approximate surface area is 104 Å². The van der Waals surface area contributed by atoms with E-state index in [-0.39, 0.29) is 10.9 Å². The van der Waals surface area contributed by atoms with Gasteiger partial charge in [-0.15, -0.1) is 0 Å². The molecule has 5 nitrogen and oxygen atoms in total. The minimum Gasteiger partial charge on any atom is -0.398 e. The lowest BCUT2D eigenvalue weighted by atomic mass is 10.2. The van der Waals surface area contributed by atoms with E-state index in [1.807, 2.05) is 6.92 Å².